The van der Waals surface area contributed by atoms with Gasteiger partial charge in [-0.25, -0.2) is 0 Å². The van der Waals surface area contributed by atoms with Crippen LogP contribution < -0.4 is 0 Å². The van der Waals surface area contributed by atoms with E-state index in [2.05, 4.69) is 11.3 Å². The minimum atomic E-state index is -0.199. The number of rotatable bonds is 0. The van der Waals surface area contributed by atoms with E-state index in [1.54, 1.807) is 0 Å². The lowest BCUT2D eigenvalue weighted by atomic mass is 10.5. The van der Waals surface area contributed by atoms with Gasteiger partial charge in [-0.1, -0.05) is 0 Å². The highest BCUT2D eigenvalue weighted by Gasteiger charge is 2.03. The molecule has 0 atom stereocenters. The molecule has 1 aliphatic rings. The molecule has 1 rings (SSSR count). The molecule has 0 aromatic carbocycles. The lowest BCUT2D eigenvalue weighted by molar-refractivity contribution is -0.113. The van der Waals surface area contributed by atoms with Gasteiger partial charge in [0, 0.05) is 6.08 Å². The third-order valence-corrected chi connectivity index (χ3v) is 0.447. The van der Waals surface area contributed by atoms with Crippen LogP contribution in [0.2, 0.25) is 0 Å². The molecule has 0 aromatic rings. The summed E-state index contributed by atoms with van der Waals surface area (Å²) in [6, 6.07) is 0. The Morgan fingerprint density at radius 1 is 1.83 bits per heavy atom. The first kappa shape index (κ1) is 3.40. The second-order valence-corrected chi connectivity index (χ2v) is 0.887. The molecule has 30 valence electrons. The molecule has 0 saturated carbocycles. The molecule has 2 radical (unpaired) electrons. The predicted octanol–water partition coefficient (Wildman–Crippen LogP) is 0.138. The van der Waals surface area contributed by atoms with Gasteiger partial charge in [0.15, 0.2) is 0 Å². The molecule has 2 heteroatoms. The average Bonchev–Trinajstić information content (AvgIpc) is 1.86. The van der Waals surface area contributed by atoms with Crippen molar-refractivity contribution in [3.63, 3.8) is 0 Å². The van der Waals surface area contributed by atoms with Crippen LogP contribution in [-0.2, 0) is 9.53 Å². The standard InChI is InChI=1S/C4H2O2/c5-4-1-2-6-3-4/h1-2H. The topological polar surface area (TPSA) is 26.3 Å². The van der Waals surface area contributed by atoms with Crippen molar-refractivity contribution in [2.45, 2.75) is 0 Å². The summed E-state index contributed by atoms with van der Waals surface area (Å²) in [5.74, 6) is -0.199. The summed E-state index contributed by atoms with van der Waals surface area (Å²) in [5, 5.41) is 0. The van der Waals surface area contributed by atoms with Gasteiger partial charge in [0.05, 0.1) is 6.26 Å². The Morgan fingerprint density at radius 2 is 2.67 bits per heavy atom. The molecule has 2 nitrogen and oxygen atoms in total. The third kappa shape index (κ3) is 0.407. The van der Waals surface area contributed by atoms with Crippen molar-refractivity contribution >= 4 is 5.78 Å². The Kier molecular flexibility index (Phi) is 0.638. The summed E-state index contributed by atoms with van der Waals surface area (Å²) in [6.07, 6.45) is 2.60. The van der Waals surface area contributed by atoms with Gasteiger partial charge in [0.2, 0.25) is 5.78 Å². The monoisotopic (exact) mass is 82.0 g/mol. The molecule has 0 aromatic heterocycles. The summed E-state index contributed by atoms with van der Waals surface area (Å²) in [5.41, 5.74) is 0. The molecule has 1 aliphatic heterocycles. The van der Waals surface area contributed by atoms with Crippen LogP contribution in [0.4, 0.5) is 0 Å². The third-order valence-electron chi connectivity index (χ3n) is 0.447. The maximum absolute atomic E-state index is 9.92. The normalized spacial score (nSPS) is 18.3. The summed E-state index contributed by atoms with van der Waals surface area (Å²) in [6.45, 7) is 2.07. The zero-order valence-electron chi connectivity index (χ0n) is 2.97. The molecule has 0 saturated heterocycles. The summed E-state index contributed by atoms with van der Waals surface area (Å²) in [7, 11) is 0. The van der Waals surface area contributed by atoms with E-state index >= 15 is 0 Å². The minimum absolute atomic E-state index is 0.199. The van der Waals surface area contributed by atoms with E-state index in [1.165, 1.54) is 12.3 Å². The average molecular weight is 82.1 g/mol. The second-order valence-electron chi connectivity index (χ2n) is 0.887. The molecule has 0 N–H and O–H groups in total. The van der Waals surface area contributed by atoms with Gasteiger partial charge < -0.3 is 4.74 Å². The van der Waals surface area contributed by atoms with E-state index in [0.717, 1.165) is 0 Å². The van der Waals surface area contributed by atoms with Gasteiger partial charge in [-0.2, -0.15) is 0 Å². The van der Waals surface area contributed by atoms with Crippen LogP contribution in [0.25, 0.3) is 0 Å². The van der Waals surface area contributed by atoms with Gasteiger partial charge in [-0.05, 0) is 0 Å². The van der Waals surface area contributed by atoms with Crippen LogP contribution in [0.15, 0.2) is 12.3 Å². The molecule has 0 unspecified atom stereocenters. The Morgan fingerprint density at radius 3 is 2.83 bits per heavy atom. The van der Waals surface area contributed by atoms with Crippen LogP contribution in [-0.4, -0.2) is 5.78 Å². The van der Waals surface area contributed by atoms with Gasteiger partial charge in [0.1, 0.15) is 0 Å². The highest BCUT2D eigenvalue weighted by atomic mass is 16.5. The van der Waals surface area contributed by atoms with Crippen LogP contribution in [0.1, 0.15) is 0 Å². The van der Waals surface area contributed by atoms with Crippen LogP contribution in [0.5, 0.6) is 0 Å². The second kappa shape index (κ2) is 1.12. The molecule has 0 fully saturated rings. The molecular weight excluding hydrogens is 80.0 g/mol. The SMILES string of the molecule is O=C1[C]OC=C1. The van der Waals surface area contributed by atoms with Gasteiger partial charge >= 0.3 is 0 Å². The summed E-state index contributed by atoms with van der Waals surface area (Å²) < 4.78 is 4.28. The fraction of sp³-hybridized carbons (Fsp3) is 0. The van der Waals surface area contributed by atoms with Crippen molar-refractivity contribution in [3.8, 4) is 0 Å². The van der Waals surface area contributed by atoms with Crippen molar-refractivity contribution < 1.29 is 9.53 Å². The van der Waals surface area contributed by atoms with E-state index in [9.17, 15) is 4.79 Å². The number of ketones is 1. The molecule has 0 bridgehead atoms. The largest absolute Gasteiger partial charge is 0.477 e. The number of hydrogen-bond acceptors (Lipinski definition) is 2. The Balaban J connectivity index is 2.59. The maximum Gasteiger partial charge on any atom is 0.272 e. The molecule has 0 aliphatic carbocycles. The van der Waals surface area contributed by atoms with Crippen molar-refractivity contribution in [2.75, 3.05) is 0 Å². The number of carbonyl (C=O) groups excluding carboxylic acids is 1. The van der Waals surface area contributed by atoms with E-state index in [4.69, 9.17) is 0 Å². The zero-order valence-corrected chi connectivity index (χ0v) is 2.97. The van der Waals surface area contributed by atoms with Crippen molar-refractivity contribution in [1.82, 2.24) is 0 Å². The van der Waals surface area contributed by atoms with Crippen molar-refractivity contribution in [3.05, 3.63) is 18.9 Å². The first-order valence-corrected chi connectivity index (χ1v) is 1.52. The first-order valence-electron chi connectivity index (χ1n) is 1.52. The summed E-state index contributed by atoms with van der Waals surface area (Å²) >= 11 is 0. The smallest absolute Gasteiger partial charge is 0.272 e. The highest BCUT2D eigenvalue weighted by Crippen LogP contribution is 1.95. The lowest BCUT2D eigenvalue weighted by Crippen LogP contribution is -1.83. The zero-order chi connectivity index (χ0) is 4.41. The molecule has 0 spiro atoms. The fourth-order valence-corrected chi connectivity index (χ4v) is 0.222. The van der Waals surface area contributed by atoms with Crippen LogP contribution in [0, 0.1) is 6.61 Å². The maximum atomic E-state index is 9.92. The van der Waals surface area contributed by atoms with Crippen molar-refractivity contribution in [2.24, 2.45) is 0 Å². The minimum Gasteiger partial charge on any atom is -0.477 e. The number of hydrogen-bond donors (Lipinski definition) is 0. The lowest BCUT2D eigenvalue weighted by Gasteiger charge is -1.74. The fourth-order valence-electron chi connectivity index (χ4n) is 0.222. The number of carbonyl (C=O) groups is 1. The molecule has 6 heavy (non-hydrogen) atoms. The van der Waals surface area contributed by atoms with Gasteiger partial charge in [-0.15, -0.1) is 0 Å². The summed E-state index contributed by atoms with van der Waals surface area (Å²) in [4.78, 5) is 9.92. The highest BCUT2D eigenvalue weighted by molar-refractivity contribution is 5.96. The number of ether oxygens (including phenoxy) is 1. The van der Waals surface area contributed by atoms with E-state index in [1.807, 2.05) is 0 Å². The molecule has 1 heterocycles. The first-order chi connectivity index (χ1) is 2.89. The van der Waals surface area contributed by atoms with Gasteiger partial charge in [0.25, 0.3) is 6.61 Å². The predicted molar refractivity (Wildman–Crippen MR) is 18.5 cm³/mol. The van der Waals surface area contributed by atoms with E-state index < -0.39 is 0 Å². The van der Waals surface area contributed by atoms with Gasteiger partial charge in [-0.3, -0.25) is 4.79 Å². The van der Waals surface area contributed by atoms with Crippen LogP contribution in [0.3, 0.4) is 0 Å². The van der Waals surface area contributed by atoms with E-state index in [0.29, 0.717) is 0 Å². The van der Waals surface area contributed by atoms with E-state index in [-0.39, 0.29) is 5.78 Å². The Labute approximate surface area is 35.4 Å². The van der Waals surface area contributed by atoms with Crippen molar-refractivity contribution in [1.29, 1.82) is 0 Å². The molecular formula is C4H2O2. The molecule has 0 amide bonds. The Hall–Kier alpha value is -0.790. The quantitative estimate of drug-likeness (QED) is 0.415. The van der Waals surface area contributed by atoms with Crippen LogP contribution >= 0.6 is 0 Å². The Bertz CT molecular complexity index is 93.7.